The van der Waals surface area contributed by atoms with E-state index in [4.69, 9.17) is 4.74 Å². The topological polar surface area (TPSA) is 60.2 Å². The van der Waals surface area contributed by atoms with E-state index in [2.05, 4.69) is 10.3 Å². The molecule has 1 aliphatic rings. The minimum absolute atomic E-state index is 0.0195. The van der Waals surface area contributed by atoms with Gasteiger partial charge in [-0.1, -0.05) is 5.21 Å². The van der Waals surface area contributed by atoms with E-state index < -0.39 is 0 Å². The summed E-state index contributed by atoms with van der Waals surface area (Å²) in [4.78, 5) is 13.9. The van der Waals surface area contributed by atoms with Crippen LogP contribution in [0.3, 0.4) is 0 Å². The molecule has 0 radical (unpaired) electrons. The van der Waals surface area contributed by atoms with Crippen molar-refractivity contribution >= 4 is 5.91 Å². The van der Waals surface area contributed by atoms with Crippen molar-refractivity contribution < 1.29 is 9.53 Å². The van der Waals surface area contributed by atoms with Gasteiger partial charge in [0.05, 0.1) is 6.20 Å². The Hall–Kier alpha value is -1.43. The fraction of sp³-hybridized carbons (Fsp3) is 0.727. The highest BCUT2D eigenvalue weighted by Gasteiger charge is 2.24. The average molecular weight is 238 g/mol. The summed E-state index contributed by atoms with van der Waals surface area (Å²) < 4.78 is 6.68. The molecule has 0 aromatic carbocycles. The van der Waals surface area contributed by atoms with Gasteiger partial charge in [-0.15, -0.1) is 5.10 Å². The lowest BCUT2D eigenvalue weighted by molar-refractivity contribution is 0.0608. The quantitative estimate of drug-likeness (QED) is 0.760. The second kappa shape index (κ2) is 5.27. The first-order valence-electron chi connectivity index (χ1n) is 5.85. The number of nitrogens with zero attached hydrogens (tertiary/aromatic N) is 4. The number of carbonyl (C=O) groups is 1. The van der Waals surface area contributed by atoms with E-state index in [1.54, 1.807) is 25.0 Å². The van der Waals surface area contributed by atoms with Crippen molar-refractivity contribution in [3.8, 4) is 0 Å². The fourth-order valence-corrected chi connectivity index (χ4v) is 2.15. The van der Waals surface area contributed by atoms with E-state index >= 15 is 0 Å². The van der Waals surface area contributed by atoms with Crippen LogP contribution in [-0.4, -0.2) is 52.6 Å². The summed E-state index contributed by atoms with van der Waals surface area (Å²) in [6, 6.07) is 0. The van der Waals surface area contributed by atoms with E-state index in [-0.39, 0.29) is 5.91 Å². The normalized spacial score (nSPS) is 17.4. The summed E-state index contributed by atoms with van der Waals surface area (Å²) in [6.07, 6.45) is 3.66. The second-order valence-electron chi connectivity index (χ2n) is 4.47. The third-order valence-corrected chi connectivity index (χ3v) is 3.13. The van der Waals surface area contributed by atoms with Gasteiger partial charge >= 0.3 is 0 Å². The van der Waals surface area contributed by atoms with Crippen LogP contribution in [0.4, 0.5) is 0 Å². The molecule has 1 aromatic heterocycles. The number of aryl methyl sites for hydroxylation is 1. The van der Waals surface area contributed by atoms with E-state index in [1.165, 1.54) is 0 Å². The zero-order valence-electron chi connectivity index (χ0n) is 10.3. The number of rotatable bonds is 3. The highest BCUT2D eigenvalue weighted by Crippen LogP contribution is 2.18. The first kappa shape index (κ1) is 12.0. The molecule has 1 amide bonds. The van der Waals surface area contributed by atoms with Crippen LogP contribution in [0.15, 0.2) is 6.20 Å². The van der Waals surface area contributed by atoms with Crippen LogP contribution in [-0.2, 0) is 11.8 Å². The van der Waals surface area contributed by atoms with Crippen LogP contribution in [0.2, 0.25) is 0 Å². The van der Waals surface area contributed by atoms with Crippen molar-refractivity contribution in [3.05, 3.63) is 11.9 Å². The van der Waals surface area contributed by atoms with Crippen molar-refractivity contribution in [2.75, 3.05) is 26.8 Å². The predicted molar refractivity (Wildman–Crippen MR) is 61.5 cm³/mol. The fourth-order valence-electron chi connectivity index (χ4n) is 2.15. The third-order valence-electron chi connectivity index (χ3n) is 3.13. The predicted octanol–water partition coefficient (Wildman–Crippen LogP) is 0.314. The molecule has 94 valence electrons. The Balaban J connectivity index is 1.90. The van der Waals surface area contributed by atoms with Gasteiger partial charge in [0, 0.05) is 33.9 Å². The van der Waals surface area contributed by atoms with Crippen LogP contribution >= 0.6 is 0 Å². The van der Waals surface area contributed by atoms with Gasteiger partial charge in [-0.2, -0.15) is 0 Å². The summed E-state index contributed by atoms with van der Waals surface area (Å²) in [5.74, 6) is 0.555. The van der Waals surface area contributed by atoms with E-state index in [0.29, 0.717) is 11.6 Å². The number of piperidine rings is 1. The molecule has 2 heterocycles. The van der Waals surface area contributed by atoms with Crippen molar-refractivity contribution in [2.45, 2.75) is 12.8 Å². The SMILES string of the molecule is COCC1CCN(C(=O)c2cn(C)nn2)CC1. The van der Waals surface area contributed by atoms with E-state index in [1.807, 2.05) is 4.90 Å². The number of ether oxygens (including phenoxy) is 1. The number of methoxy groups -OCH3 is 1. The van der Waals surface area contributed by atoms with Gasteiger partial charge in [-0.3, -0.25) is 9.48 Å². The number of likely N-dealkylation sites (tertiary alicyclic amines) is 1. The number of aromatic nitrogens is 3. The molecule has 1 fully saturated rings. The molecular formula is C11H18N4O2. The first-order valence-corrected chi connectivity index (χ1v) is 5.85. The highest BCUT2D eigenvalue weighted by molar-refractivity contribution is 5.91. The Kier molecular flexibility index (Phi) is 3.73. The van der Waals surface area contributed by atoms with Gasteiger partial charge in [-0.05, 0) is 18.8 Å². The van der Waals surface area contributed by atoms with Crippen LogP contribution < -0.4 is 0 Å². The Morgan fingerprint density at radius 2 is 2.24 bits per heavy atom. The molecule has 2 rings (SSSR count). The first-order chi connectivity index (χ1) is 8.20. The number of hydrogen-bond donors (Lipinski definition) is 0. The van der Waals surface area contributed by atoms with Gasteiger partial charge in [0.1, 0.15) is 0 Å². The maximum absolute atomic E-state index is 12.1. The van der Waals surface area contributed by atoms with Crippen molar-refractivity contribution in [1.29, 1.82) is 0 Å². The third kappa shape index (κ3) is 2.82. The van der Waals surface area contributed by atoms with Crippen LogP contribution in [0.5, 0.6) is 0 Å². The van der Waals surface area contributed by atoms with Gasteiger partial charge in [0.15, 0.2) is 5.69 Å². The maximum Gasteiger partial charge on any atom is 0.276 e. The molecule has 0 atom stereocenters. The summed E-state index contributed by atoms with van der Waals surface area (Å²) >= 11 is 0. The molecule has 17 heavy (non-hydrogen) atoms. The van der Waals surface area contributed by atoms with Crippen molar-refractivity contribution in [2.24, 2.45) is 13.0 Å². The van der Waals surface area contributed by atoms with Crippen LogP contribution in [0.25, 0.3) is 0 Å². The van der Waals surface area contributed by atoms with Gasteiger partial charge < -0.3 is 9.64 Å². The summed E-state index contributed by atoms with van der Waals surface area (Å²) in [5, 5.41) is 7.62. The molecule has 0 aliphatic carbocycles. The molecule has 6 heteroatoms. The maximum atomic E-state index is 12.1. The van der Waals surface area contributed by atoms with Gasteiger partial charge in [0.2, 0.25) is 0 Å². The number of amides is 1. The molecule has 0 bridgehead atoms. The molecular weight excluding hydrogens is 220 g/mol. The monoisotopic (exact) mass is 238 g/mol. The average Bonchev–Trinajstić information content (AvgIpc) is 2.76. The largest absolute Gasteiger partial charge is 0.384 e. The van der Waals surface area contributed by atoms with Crippen molar-refractivity contribution in [1.82, 2.24) is 19.9 Å². The second-order valence-corrected chi connectivity index (χ2v) is 4.47. The smallest absolute Gasteiger partial charge is 0.276 e. The van der Waals surface area contributed by atoms with E-state index in [9.17, 15) is 4.79 Å². The Labute approximate surface area is 101 Å². The van der Waals surface area contributed by atoms with E-state index in [0.717, 1.165) is 32.5 Å². The molecule has 0 N–H and O–H groups in total. The zero-order chi connectivity index (χ0) is 12.3. The molecule has 0 saturated carbocycles. The molecule has 1 aromatic rings. The summed E-state index contributed by atoms with van der Waals surface area (Å²) in [5.41, 5.74) is 0.428. The highest BCUT2D eigenvalue weighted by atomic mass is 16.5. The lowest BCUT2D eigenvalue weighted by atomic mass is 9.97. The zero-order valence-corrected chi connectivity index (χ0v) is 10.3. The Morgan fingerprint density at radius 1 is 1.53 bits per heavy atom. The number of carbonyl (C=O) groups excluding carboxylic acids is 1. The molecule has 1 aliphatic heterocycles. The lowest BCUT2D eigenvalue weighted by Gasteiger charge is -2.31. The summed E-state index contributed by atoms with van der Waals surface area (Å²) in [7, 11) is 3.48. The molecule has 1 saturated heterocycles. The van der Waals surface area contributed by atoms with Gasteiger partial charge in [0.25, 0.3) is 5.91 Å². The molecule has 0 unspecified atom stereocenters. The number of hydrogen-bond acceptors (Lipinski definition) is 4. The van der Waals surface area contributed by atoms with Gasteiger partial charge in [-0.25, -0.2) is 0 Å². The van der Waals surface area contributed by atoms with Crippen LogP contribution in [0.1, 0.15) is 23.3 Å². The summed E-state index contributed by atoms with van der Waals surface area (Å²) in [6.45, 7) is 2.35. The minimum Gasteiger partial charge on any atom is -0.384 e. The van der Waals surface area contributed by atoms with Crippen molar-refractivity contribution in [3.63, 3.8) is 0 Å². The Bertz CT molecular complexity index is 383. The molecule has 0 spiro atoms. The Morgan fingerprint density at radius 3 is 2.76 bits per heavy atom. The lowest BCUT2D eigenvalue weighted by Crippen LogP contribution is -2.39. The standard InChI is InChI=1S/C11H18N4O2/c1-14-7-10(12-13-14)11(16)15-5-3-9(4-6-15)8-17-2/h7,9H,3-6,8H2,1-2H3. The van der Waals surface area contributed by atoms with Crippen LogP contribution in [0, 0.1) is 5.92 Å². The minimum atomic E-state index is -0.0195. The molecule has 6 nitrogen and oxygen atoms in total.